The fourth-order valence-corrected chi connectivity index (χ4v) is 0.235. The van der Waals surface area contributed by atoms with Crippen LogP contribution in [0.25, 0.3) is 0 Å². The fourth-order valence-electron chi connectivity index (χ4n) is 0.235. The maximum Gasteiger partial charge on any atom is 1.00 e. The van der Waals surface area contributed by atoms with Crippen LogP contribution in [0, 0.1) is 0 Å². The van der Waals surface area contributed by atoms with Gasteiger partial charge in [-0.3, -0.25) is 4.79 Å². The number of nitrogens with zero attached hydrogens (tertiary/aromatic N) is 2. The number of nitrogens with one attached hydrogen (secondary N) is 1. The van der Waals surface area contributed by atoms with E-state index in [1.807, 2.05) is 0 Å². The van der Waals surface area contributed by atoms with Gasteiger partial charge in [0, 0.05) is 0 Å². The summed E-state index contributed by atoms with van der Waals surface area (Å²) in [4.78, 5) is 9.18. The summed E-state index contributed by atoms with van der Waals surface area (Å²) in [7, 11) is 0. The third kappa shape index (κ3) is 24.7. The summed E-state index contributed by atoms with van der Waals surface area (Å²) in [5, 5.41) is 9.33. The van der Waals surface area contributed by atoms with Gasteiger partial charge in [-0.2, -0.15) is 15.4 Å². The molecule has 72 valence electrons. The van der Waals surface area contributed by atoms with Crippen LogP contribution in [0.15, 0.2) is 12.4 Å². The minimum absolute atomic E-state index is 0. The Hall–Kier alpha value is -0.873. The zero-order valence-corrected chi connectivity index (χ0v) is 7.60. The van der Waals surface area contributed by atoms with Crippen molar-refractivity contribution in [2.45, 2.75) is 6.92 Å². The summed E-state index contributed by atoms with van der Waals surface area (Å²) in [6.45, 7) is 2.66. The van der Waals surface area contributed by atoms with Crippen molar-refractivity contribution in [2.24, 2.45) is 0 Å². The van der Waals surface area contributed by atoms with E-state index >= 15 is 0 Å². The maximum absolute atomic E-state index is 9.18. The molecule has 0 spiro atoms. The van der Waals surface area contributed by atoms with Gasteiger partial charge in [-0.25, -0.2) is 0 Å². The van der Waals surface area contributed by atoms with Gasteiger partial charge in [0.1, 0.15) is 0 Å². The van der Waals surface area contributed by atoms with Crippen molar-refractivity contribution in [2.75, 3.05) is 6.61 Å². The molecule has 1 rings (SSSR count). The minimum atomic E-state index is 0. The molecule has 0 radical (unpaired) electrons. The van der Waals surface area contributed by atoms with Gasteiger partial charge in [-0.05, 0) is 6.92 Å². The smallest absolute Gasteiger partial charge is 0.870 e. The molecule has 1 aromatic rings. The Bertz CT molecular complexity index is 132. The van der Waals surface area contributed by atoms with Crippen molar-refractivity contribution >= 4 is 6.47 Å². The van der Waals surface area contributed by atoms with Crippen LogP contribution in [0.4, 0.5) is 0 Å². The van der Waals surface area contributed by atoms with E-state index in [-0.39, 0.29) is 29.8 Å². The van der Waals surface area contributed by atoms with Crippen molar-refractivity contribution in [3.63, 3.8) is 0 Å². The summed E-state index contributed by atoms with van der Waals surface area (Å²) in [6, 6.07) is 0. The zero-order valence-electron chi connectivity index (χ0n) is 7.60. The average molecular weight is 185 g/mol. The third-order valence-electron chi connectivity index (χ3n) is 0.566. The van der Waals surface area contributed by atoms with Gasteiger partial charge < -0.3 is 15.7 Å². The molecule has 4 N–H and O–H groups in total. The first-order chi connectivity index (χ1) is 4.91. The van der Waals surface area contributed by atoms with E-state index in [4.69, 9.17) is 0 Å². The summed E-state index contributed by atoms with van der Waals surface area (Å²) < 4.78 is 4.15. The Morgan fingerprint density at radius 3 is 2.00 bits per heavy atom. The van der Waals surface area contributed by atoms with Crippen LogP contribution in [0.5, 0.6) is 0 Å². The van der Waals surface area contributed by atoms with Crippen LogP contribution in [-0.4, -0.2) is 39.4 Å². The Kier molecular flexibility index (Phi) is 39.3. The number of ether oxygens (including phenoxy) is 1. The molecule has 0 atom stereocenters. The Morgan fingerprint density at radius 2 is 1.92 bits per heavy atom. The molecule has 0 bridgehead atoms. The second kappa shape index (κ2) is 22.5. The van der Waals surface area contributed by atoms with Crippen molar-refractivity contribution in [3.05, 3.63) is 12.4 Å². The van der Waals surface area contributed by atoms with Gasteiger partial charge in [-0.15, -0.1) is 0 Å². The predicted molar refractivity (Wildman–Crippen MR) is 39.6 cm³/mol. The number of hydrogen-bond acceptors (Lipinski definition) is 5. The zero-order chi connectivity index (χ0) is 7.66. The topological polar surface area (TPSA) is 129 Å². The van der Waals surface area contributed by atoms with E-state index in [9.17, 15) is 4.79 Å². The Labute approximate surface area is 87.7 Å². The molecule has 8 heteroatoms. The van der Waals surface area contributed by atoms with Crippen LogP contribution >= 0.6 is 0 Å². The molecule has 13 heavy (non-hydrogen) atoms. The summed E-state index contributed by atoms with van der Waals surface area (Å²) in [5.41, 5.74) is 0. The maximum atomic E-state index is 9.18. The SMILES string of the molecule is CCOC=O.O.[Li+].[OH-].c1cn[nH]n1. The van der Waals surface area contributed by atoms with Crippen molar-refractivity contribution < 1.29 is 39.3 Å². The Balaban J connectivity index is -0.0000000506. The van der Waals surface area contributed by atoms with Crippen LogP contribution in [0.2, 0.25) is 0 Å². The Morgan fingerprint density at radius 1 is 1.46 bits per heavy atom. The van der Waals surface area contributed by atoms with Crippen molar-refractivity contribution in [1.29, 1.82) is 0 Å². The van der Waals surface area contributed by atoms with Crippen LogP contribution in [0.1, 0.15) is 6.92 Å². The molecule has 1 heterocycles. The van der Waals surface area contributed by atoms with Gasteiger partial charge in [-0.1, -0.05) is 0 Å². The summed E-state index contributed by atoms with van der Waals surface area (Å²) >= 11 is 0. The van der Waals surface area contributed by atoms with Crippen LogP contribution in [-0.2, 0) is 9.53 Å². The molecule has 0 saturated carbocycles. The molecule has 0 saturated heterocycles. The fraction of sp³-hybridized carbons (Fsp3) is 0.400. The van der Waals surface area contributed by atoms with E-state index < -0.39 is 0 Å². The van der Waals surface area contributed by atoms with Gasteiger partial charge in [0.05, 0.1) is 19.0 Å². The quantitative estimate of drug-likeness (QED) is 0.370. The number of aromatic nitrogens is 3. The molecule has 0 unspecified atom stereocenters. The van der Waals surface area contributed by atoms with Crippen molar-refractivity contribution in [3.8, 4) is 0 Å². The molecule has 0 aromatic carbocycles. The standard InChI is InChI=1S/C3H6O2.C2H3N3.Li.2H2O/c1-2-5-3-4;1-2-4-5-3-1;;;/h3H,2H2,1H3;1-2H,(H,3,4,5);;2*1H2/q;;+1;;/p-1. The van der Waals surface area contributed by atoms with Gasteiger partial charge in [0.2, 0.25) is 0 Å². The van der Waals surface area contributed by atoms with E-state index in [0.29, 0.717) is 13.1 Å². The van der Waals surface area contributed by atoms with E-state index in [0.717, 1.165) is 0 Å². The summed E-state index contributed by atoms with van der Waals surface area (Å²) in [6.07, 6.45) is 3.17. The number of hydrogen-bond donors (Lipinski definition) is 1. The molecule has 0 fully saturated rings. The van der Waals surface area contributed by atoms with Crippen LogP contribution < -0.4 is 18.9 Å². The first-order valence-electron chi connectivity index (χ1n) is 2.76. The normalized spacial score (nSPS) is 5.62. The number of H-pyrrole nitrogens is 1. The van der Waals surface area contributed by atoms with Crippen LogP contribution in [0.3, 0.4) is 0 Å². The first kappa shape index (κ1) is 22.7. The average Bonchev–Trinajstić information content (AvgIpc) is 2.44. The molecule has 0 amide bonds. The molecular formula is C5H12LiN3O4. The number of rotatable bonds is 2. The van der Waals surface area contributed by atoms with Crippen molar-refractivity contribution in [1.82, 2.24) is 15.4 Å². The van der Waals surface area contributed by atoms with E-state index in [1.54, 1.807) is 19.3 Å². The summed E-state index contributed by atoms with van der Waals surface area (Å²) in [5.74, 6) is 0. The van der Waals surface area contributed by atoms with Gasteiger partial charge in [0.15, 0.2) is 0 Å². The third-order valence-corrected chi connectivity index (χ3v) is 0.566. The van der Waals surface area contributed by atoms with Gasteiger partial charge in [0.25, 0.3) is 6.47 Å². The molecule has 0 aliphatic rings. The van der Waals surface area contributed by atoms with E-state index in [2.05, 4.69) is 20.1 Å². The van der Waals surface area contributed by atoms with E-state index in [1.165, 1.54) is 0 Å². The number of carbonyl (C=O) groups excluding carboxylic acids is 1. The second-order valence-electron chi connectivity index (χ2n) is 1.21. The molecule has 7 nitrogen and oxygen atoms in total. The molecular weight excluding hydrogens is 173 g/mol. The molecule has 1 aromatic heterocycles. The second-order valence-corrected chi connectivity index (χ2v) is 1.21. The first-order valence-corrected chi connectivity index (χ1v) is 2.76. The largest absolute Gasteiger partial charge is 1.00 e. The number of carbonyl (C=O) groups is 1. The molecule has 0 aliphatic carbocycles. The monoisotopic (exact) mass is 185 g/mol. The predicted octanol–water partition coefficient (Wildman–Crippen LogP) is -4.01. The molecule has 0 aliphatic heterocycles. The minimum Gasteiger partial charge on any atom is -0.870 e. The number of aromatic amines is 1. The van der Waals surface area contributed by atoms with Gasteiger partial charge >= 0.3 is 18.9 Å².